The molecule has 2 aromatic rings. The Labute approximate surface area is 142 Å². The summed E-state index contributed by atoms with van der Waals surface area (Å²) in [4.78, 5) is 16.0. The number of carbonyl (C=O) groups excluding carboxylic acids is 1. The van der Waals surface area contributed by atoms with Crippen LogP contribution in [0.15, 0.2) is 32.3 Å². The number of aromatic nitrogens is 2. The highest BCUT2D eigenvalue weighted by Gasteiger charge is 2.18. The molecule has 0 atom stereocenters. The van der Waals surface area contributed by atoms with Crippen molar-refractivity contribution in [3.8, 4) is 0 Å². The fourth-order valence-corrected chi connectivity index (χ4v) is 2.97. The summed E-state index contributed by atoms with van der Waals surface area (Å²) in [7, 11) is 0. The van der Waals surface area contributed by atoms with E-state index in [0.29, 0.717) is 14.6 Å². The van der Waals surface area contributed by atoms with Gasteiger partial charge in [-0.15, -0.1) is 0 Å². The maximum Gasteiger partial charge on any atom is 0.342 e. The molecule has 0 fully saturated rings. The van der Waals surface area contributed by atoms with Gasteiger partial charge in [0.15, 0.2) is 0 Å². The summed E-state index contributed by atoms with van der Waals surface area (Å²) in [5.41, 5.74) is 6.73. The first-order chi connectivity index (χ1) is 10.4. The minimum Gasteiger partial charge on any atom is -0.462 e. The summed E-state index contributed by atoms with van der Waals surface area (Å²) in [6.45, 7) is 1.93. The van der Waals surface area contributed by atoms with E-state index >= 15 is 0 Å². The Hall–Kier alpha value is -1.74. The van der Waals surface area contributed by atoms with Gasteiger partial charge < -0.3 is 10.5 Å². The van der Waals surface area contributed by atoms with Crippen LogP contribution in [0.1, 0.15) is 23.0 Å². The zero-order valence-electron chi connectivity index (χ0n) is 11.4. The number of aromatic amines is 1. The minimum absolute atomic E-state index is 0.0218. The van der Waals surface area contributed by atoms with E-state index in [1.165, 1.54) is 18.3 Å². The molecular weight excluding hydrogens is 423 g/mol. The second-order valence-electron chi connectivity index (χ2n) is 4.09. The third-order valence-electron chi connectivity index (χ3n) is 2.60. The number of nitrogens with one attached hydrogen (secondary N) is 1. The molecule has 0 radical (unpaired) electrons. The van der Waals surface area contributed by atoms with Crippen LogP contribution in [0.4, 0.5) is 10.1 Å². The second-order valence-corrected chi connectivity index (χ2v) is 5.80. The van der Waals surface area contributed by atoms with Crippen molar-refractivity contribution in [1.82, 2.24) is 10.2 Å². The van der Waals surface area contributed by atoms with Crippen LogP contribution >= 0.6 is 31.9 Å². The molecule has 9 heteroatoms. The first kappa shape index (κ1) is 16.6. The highest BCUT2D eigenvalue weighted by Crippen LogP contribution is 2.34. The number of amidine groups is 1. The highest BCUT2D eigenvalue weighted by molar-refractivity contribution is 9.11. The second kappa shape index (κ2) is 7.01. The van der Waals surface area contributed by atoms with Gasteiger partial charge in [0.2, 0.25) is 0 Å². The van der Waals surface area contributed by atoms with Gasteiger partial charge in [-0.25, -0.2) is 14.2 Å². The molecule has 3 N–H and O–H groups in total. The van der Waals surface area contributed by atoms with Gasteiger partial charge in [0.25, 0.3) is 0 Å². The number of carbonyl (C=O) groups is 1. The molecular formula is C13H11Br2FN4O2. The standard InChI is InChI=1S/C13H11Br2FN4O2/c1-2-22-13(21)7-5-18-20-10(7)12(17)19-11-8(14)3-6(16)4-9(11)15/h3-5H,2H2,1H3,(H2,17,19)(H,18,20). The SMILES string of the molecule is CCOC(=O)c1cn[nH]c1C(N)=Nc1c(Br)cc(F)cc1Br. The lowest BCUT2D eigenvalue weighted by atomic mass is 10.2. The summed E-state index contributed by atoms with van der Waals surface area (Å²) in [5.74, 6) is -0.958. The van der Waals surface area contributed by atoms with Crippen LogP contribution in [0, 0.1) is 5.82 Å². The predicted octanol–water partition coefficient (Wildman–Crippen LogP) is 3.29. The minimum atomic E-state index is -0.554. The van der Waals surface area contributed by atoms with E-state index in [0.717, 1.165) is 0 Å². The topological polar surface area (TPSA) is 93.4 Å². The molecule has 1 heterocycles. The van der Waals surface area contributed by atoms with Crippen molar-refractivity contribution in [3.05, 3.63) is 44.3 Å². The maximum absolute atomic E-state index is 13.3. The average molecular weight is 434 g/mol. The summed E-state index contributed by atoms with van der Waals surface area (Å²) in [6.07, 6.45) is 1.31. The van der Waals surface area contributed by atoms with Crippen molar-refractivity contribution in [2.45, 2.75) is 6.92 Å². The Balaban J connectivity index is 2.43. The Morgan fingerprint density at radius 2 is 2.09 bits per heavy atom. The van der Waals surface area contributed by atoms with Crippen LogP contribution in [-0.2, 0) is 4.74 Å². The number of ether oxygens (including phenoxy) is 1. The Kier molecular flexibility index (Phi) is 5.30. The molecule has 0 amide bonds. The quantitative estimate of drug-likeness (QED) is 0.439. The molecule has 0 unspecified atom stereocenters. The number of benzene rings is 1. The maximum atomic E-state index is 13.3. The molecule has 1 aromatic carbocycles. The number of rotatable bonds is 4. The number of hydrogen-bond donors (Lipinski definition) is 2. The van der Waals surface area contributed by atoms with Crippen molar-refractivity contribution in [1.29, 1.82) is 0 Å². The van der Waals surface area contributed by atoms with Gasteiger partial charge in [0, 0.05) is 8.95 Å². The van der Waals surface area contributed by atoms with Crippen molar-refractivity contribution < 1.29 is 13.9 Å². The molecule has 22 heavy (non-hydrogen) atoms. The number of nitrogens with zero attached hydrogens (tertiary/aromatic N) is 2. The molecule has 0 saturated heterocycles. The van der Waals surface area contributed by atoms with E-state index < -0.39 is 11.8 Å². The van der Waals surface area contributed by atoms with Gasteiger partial charge in [0.1, 0.15) is 22.9 Å². The van der Waals surface area contributed by atoms with Crippen LogP contribution in [0.5, 0.6) is 0 Å². The largest absolute Gasteiger partial charge is 0.462 e. The van der Waals surface area contributed by atoms with Crippen LogP contribution in [0.25, 0.3) is 0 Å². The van der Waals surface area contributed by atoms with Crippen LogP contribution in [0.2, 0.25) is 0 Å². The Morgan fingerprint density at radius 1 is 1.45 bits per heavy atom. The van der Waals surface area contributed by atoms with Crippen LogP contribution in [0.3, 0.4) is 0 Å². The van der Waals surface area contributed by atoms with Gasteiger partial charge in [-0.3, -0.25) is 5.10 Å². The molecule has 116 valence electrons. The third-order valence-corrected chi connectivity index (χ3v) is 3.81. The van der Waals surface area contributed by atoms with Crippen molar-refractivity contribution >= 4 is 49.4 Å². The average Bonchev–Trinajstić information content (AvgIpc) is 2.92. The van der Waals surface area contributed by atoms with Crippen LogP contribution < -0.4 is 5.73 Å². The number of nitrogens with two attached hydrogens (primary N) is 1. The molecule has 1 aromatic heterocycles. The number of esters is 1. The van der Waals surface area contributed by atoms with E-state index in [-0.39, 0.29) is 23.7 Å². The molecule has 6 nitrogen and oxygen atoms in total. The Morgan fingerprint density at radius 3 is 2.68 bits per heavy atom. The highest BCUT2D eigenvalue weighted by atomic mass is 79.9. The fraction of sp³-hybridized carbons (Fsp3) is 0.154. The van der Waals surface area contributed by atoms with E-state index in [1.54, 1.807) is 6.92 Å². The van der Waals surface area contributed by atoms with Gasteiger partial charge in [0.05, 0.1) is 18.5 Å². The van der Waals surface area contributed by atoms with E-state index in [4.69, 9.17) is 10.5 Å². The zero-order valence-corrected chi connectivity index (χ0v) is 14.5. The smallest absolute Gasteiger partial charge is 0.342 e. The van der Waals surface area contributed by atoms with Crippen molar-refractivity contribution in [2.24, 2.45) is 10.7 Å². The summed E-state index contributed by atoms with van der Waals surface area (Å²) in [5, 5.41) is 6.38. The Bertz CT molecular complexity index is 722. The third kappa shape index (κ3) is 3.53. The van der Waals surface area contributed by atoms with E-state index in [2.05, 4.69) is 47.0 Å². The van der Waals surface area contributed by atoms with Gasteiger partial charge >= 0.3 is 5.97 Å². The van der Waals surface area contributed by atoms with Gasteiger partial charge in [-0.1, -0.05) is 0 Å². The molecule has 0 aliphatic carbocycles. The van der Waals surface area contributed by atoms with E-state index in [1.807, 2.05) is 0 Å². The lowest BCUT2D eigenvalue weighted by Crippen LogP contribution is -2.18. The first-order valence-electron chi connectivity index (χ1n) is 6.13. The summed E-state index contributed by atoms with van der Waals surface area (Å²) in [6, 6.07) is 2.52. The molecule has 0 bridgehead atoms. The molecule has 0 saturated carbocycles. The monoisotopic (exact) mass is 432 g/mol. The number of halogens is 3. The lowest BCUT2D eigenvalue weighted by molar-refractivity contribution is 0.0526. The first-order valence-corrected chi connectivity index (χ1v) is 7.72. The molecule has 0 aliphatic heterocycles. The lowest BCUT2D eigenvalue weighted by Gasteiger charge is -2.06. The van der Waals surface area contributed by atoms with Crippen molar-refractivity contribution in [3.63, 3.8) is 0 Å². The number of hydrogen-bond acceptors (Lipinski definition) is 4. The molecule has 2 rings (SSSR count). The predicted molar refractivity (Wildman–Crippen MR) is 86.7 cm³/mol. The number of aliphatic imine (C=N–C) groups is 1. The fourth-order valence-electron chi connectivity index (χ4n) is 1.66. The summed E-state index contributed by atoms with van der Waals surface area (Å²) < 4.78 is 19.0. The summed E-state index contributed by atoms with van der Waals surface area (Å²) >= 11 is 6.42. The zero-order chi connectivity index (χ0) is 16.3. The van der Waals surface area contributed by atoms with Gasteiger partial charge in [-0.05, 0) is 50.9 Å². The molecule has 0 spiro atoms. The van der Waals surface area contributed by atoms with Crippen LogP contribution in [-0.4, -0.2) is 28.6 Å². The van der Waals surface area contributed by atoms with Gasteiger partial charge in [-0.2, -0.15) is 5.10 Å². The number of H-pyrrole nitrogens is 1. The van der Waals surface area contributed by atoms with E-state index in [9.17, 15) is 9.18 Å². The normalized spacial score (nSPS) is 11.5. The molecule has 0 aliphatic rings. The van der Waals surface area contributed by atoms with Crippen molar-refractivity contribution in [2.75, 3.05) is 6.61 Å².